The summed E-state index contributed by atoms with van der Waals surface area (Å²) in [6.45, 7) is 6.23. The van der Waals surface area contributed by atoms with Crippen LogP contribution in [0.5, 0.6) is 17.2 Å². The molecule has 0 saturated carbocycles. The minimum Gasteiger partial charge on any atom is -0.497 e. The topological polar surface area (TPSA) is 65.7 Å². The SMILES string of the molecule is COc1ccc(OCC[NH+]2CC[NH+](CC(=O)Nc3cccc(OC)c3)CC2)cc1. The molecule has 2 aromatic rings. The van der Waals surface area contributed by atoms with E-state index in [2.05, 4.69) is 5.32 Å². The van der Waals surface area contributed by atoms with Crippen molar-refractivity contribution in [3.8, 4) is 17.2 Å². The number of carbonyl (C=O) groups is 1. The summed E-state index contributed by atoms with van der Waals surface area (Å²) in [7, 11) is 3.28. The van der Waals surface area contributed by atoms with Crippen molar-refractivity contribution in [1.82, 2.24) is 0 Å². The Bertz CT molecular complexity index is 774. The van der Waals surface area contributed by atoms with Gasteiger partial charge in [0.2, 0.25) is 0 Å². The van der Waals surface area contributed by atoms with Crippen molar-refractivity contribution in [2.75, 3.05) is 65.4 Å². The average molecular weight is 402 g/mol. The monoisotopic (exact) mass is 401 g/mol. The lowest BCUT2D eigenvalue weighted by Crippen LogP contribution is -3.28. The van der Waals surface area contributed by atoms with Crippen molar-refractivity contribution < 1.29 is 28.8 Å². The molecule has 7 nitrogen and oxygen atoms in total. The van der Waals surface area contributed by atoms with Gasteiger partial charge in [0.1, 0.15) is 56.6 Å². The van der Waals surface area contributed by atoms with Gasteiger partial charge in [-0.3, -0.25) is 4.79 Å². The molecule has 156 valence electrons. The Hall–Kier alpha value is -2.77. The molecule has 3 rings (SSSR count). The molecule has 0 atom stereocenters. The molecule has 0 radical (unpaired) electrons. The molecule has 0 aromatic heterocycles. The van der Waals surface area contributed by atoms with Gasteiger partial charge in [-0.05, 0) is 36.4 Å². The van der Waals surface area contributed by atoms with E-state index in [-0.39, 0.29) is 5.91 Å². The van der Waals surface area contributed by atoms with E-state index in [1.165, 1.54) is 9.80 Å². The second-order valence-corrected chi connectivity index (χ2v) is 7.23. The van der Waals surface area contributed by atoms with Crippen LogP contribution in [0.4, 0.5) is 5.69 Å². The molecule has 1 aliphatic heterocycles. The zero-order valence-electron chi connectivity index (χ0n) is 17.2. The lowest BCUT2D eigenvalue weighted by Gasteiger charge is -2.29. The minimum absolute atomic E-state index is 0.0412. The summed E-state index contributed by atoms with van der Waals surface area (Å²) in [6.07, 6.45) is 0. The van der Waals surface area contributed by atoms with Crippen LogP contribution in [0.25, 0.3) is 0 Å². The molecular formula is C22H31N3O4+2. The molecule has 1 fully saturated rings. The third-order valence-corrected chi connectivity index (χ3v) is 5.21. The van der Waals surface area contributed by atoms with E-state index >= 15 is 0 Å². The second kappa shape index (κ2) is 10.7. The third kappa shape index (κ3) is 6.66. The van der Waals surface area contributed by atoms with E-state index in [0.717, 1.165) is 55.7 Å². The van der Waals surface area contributed by atoms with Crippen LogP contribution < -0.4 is 29.3 Å². The molecule has 3 N–H and O–H groups in total. The second-order valence-electron chi connectivity index (χ2n) is 7.23. The summed E-state index contributed by atoms with van der Waals surface area (Å²) >= 11 is 0. The Morgan fingerprint density at radius 1 is 0.897 bits per heavy atom. The number of benzene rings is 2. The summed E-state index contributed by atoms with van der Waals surface area (Å²) in [4.78, 5) is 15.2. The van der Waals surface area contributed by atoms with Crippen molar-refractivity contribution in [2.24, 2.45) is 0 Å². The molecule has 1 amide bonds. The maximum absolute atomic E-state index is 12.3. The Labute approximate surface area is 172 Å². The standard InChI is InChI=1S/C22H29N3O4/c1-27-19-6-8-20(9-7-19)29-15-14-24-10-12-25(13-11-24)17-22(26)23-18-4-3-5-21(16-18)28-2/h3-9,16H,10-15,17H2,1-2H3,(H,23,26)/p+2. The van der Waals surface area contributed by atoms with Gasteiger partial charge in [0.25, 0.3) is 5.91 Å². The van der Waals surface area contributed by atoms with Crippen LogP contribution in [0.2, 0.25) is 0 Å². The highest BCUT2D eigenvalue weighted by Gasteiger charge is 2.24. The van der Waals surface area contributed by atoms with Crippen molar-refractivity contribution in [1.29, 1.82) is 0 Å². The number of ether oxygens (including phenoxy) is 3. The van der Waals surface area contributed by atoms with Gasteiger partial charge in [-0.25, -0.2) is 0 Å². The van der Waals surface area contributed by atoms with E-state index in [0.29, 0.717) is 13.2 Å². The van der Waals surface area contributed by atoms with Gasteiger partial charge in [-0.1, -0.05) is 6.07 Å². The highest BCUT2D eigenvalue weighted by Crippen LogP contribution is 2.17. The Morgan fingerprint density at radius 3 is 2.24 bits per heavy atom. The van der Waals surface area contributed by atoms with Crippen LogP contribution in [0.1, 0.15) is 0 Å². The molecule has 7 heteroatoms. The van der Waals surface area contributed by atoms with Crippen LogP contribution in [0, 0.1) is 0 Å². The summed E-state index contributed by atoms with van der Waals surface area (Å²) in [6, 6.07) is 15.1. The zero-order chi connectivity index (χ0) is 20.5. The van der Waals surface area contributed by atoms with Gasteiger partial charge in [-0.15, -0.1) is 0 Å². The maximum Gasteiger partial charge on any atom is 0.279 e. The number of rotatable bonds is 9. The van der Waals surface area contributed by atoms with Crippen LogP contribution in [0.15, 0.2) is 48.5 Å². The largest absolute Gasteiger partial charge is 0.497 e. The fraction of sp³-hybridized carbons (Fsp3) is 0.409. The molecule has 0 bridgehead atoms. The average Bonchev–Trinajstić information content (AvgIpc) is 2.75. The highest BCUT2D eigenvalue weighted by molar-refractivity contribution is 5.91. The van der Waals surface area contributed by atoms with Gasteiger partial charge >= 0.3 is 0 Å². The van der Waals surface area contributed by atoms with Crippen LogP contribution in [-0.4, -0.2) is 66.0 Å². The molecule has 0 aliphatic carbocycles. The van der Waals surface area contributed by atoms with Crippen molar-refractivity contribution in [3.63, 3.8) is 0 Å². The van der Waals surface area contributed by atoms with E-state index < -0.39 is 0 Å². The Balaban J connectivity index is 1.33. The number of anilines is 1. The van der Waals surface area contributed by atoms with Crippen LogP contribution in [0.3, 0.4) is 0 Å². The predicted octanol–water partition coefficient (Wildman–Crippen LogP) is -0.495. The summed E-state index contributed by atoms with van der Waals surface area (Å²) in [5.41, 5.74) is 0.772. The van der Waals surface area contributed by atoms with Gasteiger partial charge in [-0.2, -0.15) is 0 Å². The van der Waals surface area contributed by atoms with Crippen molar-refractivity contribution >= 4 is 11.6 Å². The number of nitrogens with one attached hydrogen (secondary N) is 3. The first-order chi connectivity index (χ1) is 14.2. The van der Waals surface area contributed by atoms with E-state index in [9.17, 15) is 4.79 Å². The number of hydrogen-bond donors (Lipinski definition) is 3. The number of carbonyl (C=O) groups excluding carboxylic acids is 1. The molecule has 0 spiro atoms. The van der Waals surface area contributed by atoms with Crippen molar-refractivity contribution in [3.05, 3.63) is 48.5 Å². The number of piperazine rings is 1. The number of quaternary nitrogens is 2. The smallest absolute Gasteiger partial charge is 0.279 e. The molecule has 29 heavy (non-hydrogen) atoms. The lowest BCUT2D eigenvalue weighted by molar-refractivity contribution is -1.01. The highest BCUT2D eigenvalue weighted by atomic mass is 16.5. The van der Waals surface area contributed by atoms with Gasteiger partial charge < -0.3 is 29.3 Å². The van der Waals surface area contributed by atoms with E-state index in [4.69, 9.17) is 14.2 Å². The van der Waals surface area contributed by atoms with Gasteiger partial charge in [0.15, 0.2) is 6.54 Å². The van der Waals surface area contributed by atoms with Crippen LogP contribution >= 0.6 is 0 Å². The quantitative estimate of drug-likeness (QED) is 0.530. The zero-order valence-corrected chi connectivity index (χ0v) is 17.2. The molecule has 1 aliphatic rings. The fourth-order valence-electron chi connectivity index (χ4n) is 3.50. The summed E-state index contributed by atoms with van der Waals surface area (Å²) in [5.74, 6) is 2.48. The number of hydrogen-bond acceptors (Lipinski definition) is 4. The summed E-state index contributed by atoms with van der Waals surface area (Å²) < 4.78 is 16.2. The predicted molar refractivity (Wildman–Crippen MR) is 111 cm³/mol. The van der Waals surface area contributed by atoms with E-state index in [1.807, 2.05) is 48.5 Å². The van der Waals surface area contributed by atoms with Crippen molar-refractivity contribution in [2.45, 2.75) is 0 Å². The molecule has 1 saturated heterocycles. The first-order valence-corrected chi connectivity index (χ1v) is 10.0. The molecule has 1 heterocycles. The third-order valence-electron chi connectivity index (χ3n) is 5.21. The first-order valence-electron chi connectivity index (χ1n) is 10.0. The maximum atomic E-state index is 12.3. The first kappa shape index (κ1) is 21.0. The lowest BCUT2D eigenvalue weighted by atomic mass is 10.3. The normalized spacial score (nSPS) is 18.7. The molecular weight excluding hydrogens is 370 g/mol. The molecule has 2 aromatic carbocycles. The Morgan fingerprint density at radius 2 is 1.55 bits per heavy atom. The minimum atomic E-state index is 0.0412. The van der Waals surface area contributed by atoms with E-state index in [1.54, 1.807) is 14.2 Å². The fourth-order valence-corrected chi connectivity index (χ4v) is 3.50. The summed E-state index contributed by atoms with van der Waals surface area (Å²) in [5, 5.41) is 2.96. The van der Waals surface area contributed by atoms with Crippen LogP contribution in [-0.2, 0) is 4.79 Å². The Kier molecular flexibility index (Phi) is 7.72. The van der Waals surface area contributed by atoms with Gasteiger partial charge in [0.05, 0.1) is 14.2 Å². The number of amides is 1. The molecule has 0 unspecified atom stereocenters. The van der Waals surface area contributed by atoms with Gasteiger partial charge in [0, 0.05) is 11.8 Å². The number of methoxy groups -OCH3 is 2.